The van der Waals surface area contributed by atoms with Gasteiger partial charge in [0.05, 0.1) is 0 Å². The Morgan fingerprint density at radius 3 is 1.61 bits per heavy atom. The number of carbonyl (C=O) groups excluding carboxylic acids is 5. The summed E-state index contributed by atoms with van der Waals surface area (Å²) in [6.07, 6.45) is 14.8. The summed E-state index contributed by atoms with van der Waals surface area (Å²) in [5.74, 6) is -8.36. The minimum Gasteiger partial charge on any atom is -0.480 e. The zero-order chi connectivity index (χ0) is 36.1. The van der Waals surface area contributed by atoms with Crippen molar-refractivity contribution in [2.24, 2.45) is 0 Å². The first-order valence-electron chi connectivity index (χ1n) is 15.9. The lowest BCUT2D eigenvalue weighted by molar-refractivity contribution is -0.297. The van der Waals surface area contributed by atoms with Crippen LogP contribution in [0.25, 0.3) is 0 Å². The maximum atomic E-state index is 13.2. The van der Waals surface area contributed by atoms with Crippen molar-refractivity contribution in [3.05, 3.63) is 83.4 Å². The Kier molecular flexibility index (Phi) is 11.1. The number of nitrogens with zero attached hydrogens (tertiary/aromatic N) is 2. The first-order chi connectivity index (χ1) is 23.2. The molecule has 3 aliphatic heterocycles. The normalized spacial score (nSPS) is 25.4. The molecule has 0 bridgehead atoms. The molecule has 1 saturated carbocycles. The Morgan fingerprint density at radius 2 is 1.14 bits per heavy atom. The summed E-state index contributed by atoms with van der Waals surface area (Å²) < 4.78 is 49.9. The summed E-state index contributed by atoms with van der Waals surface area (Å²) in [7, 11) is -4.37. The molecule has 0 aromatic rings. The molecule has 4 rings (SSSR count). The number of allylic oxidation sites excluding steroid dienone is 9. The number of aliphatic hydroxyl groups is 1. The van der Waals surface area contributed by atoms with Crippen molar-refractivity contribution >= 4 is 39.9 Å². The number of amides is 2. The topological polar surface area (TPSA) is 183 Å². The standard InChI is InChI=1S/C34H40N2O12S/c1-6-9-10-12-16-25-29(39)45-33(46-30(25)40)18-20-34(21-19-33)47-31(41)26(32(42)48-34)17-14-11-13-15-24-27(37)35(22(4)7-2)49(43,44)36(28(24)38)23(5)8-3/h6,9-17,22-23,41H,7-8,18-21H2,1-5H3. The van der Waals surface area contributed by atoms with E-state index in [4.69, 9.17) is 18.9 Å². The van der Waals surface area contributed by atoms with Crippen molar-refractivity contribution in [2.75, 3.05) is 0 Å². The predicted molar refractivity (Wildman–Crippen MR) is 173 cm³/mol. The first kappa shape index (κ1) is 36.9. The Labute approximate surface area is 284 Å². The van der Waals surface area contributed by atoms with Gasteiger partial charge in [0.15, 0.2) is 0 Å². The van der Waals surface area contributed by atoms with Gasteiger partial charge in [-0.15, -0.1) is 0 Å². The van der Waals surface area contributed by atoms with Crippen molar-refractivity contribution in [2.45, 2.75) is 96.8 Å². The lowest BCUT2D eigenvalue weighted by Crippen LogP contribution is -2.60. The summed E-state index contributed by atoms with van der Waals surface area (Å²) in [6.45, 7) is 8.43. The van der Waals surface area contributed by atoms with Gasteiger partial charge in [0.2, 0.25) is 0 Å². The molecule has 1 aliphatic carbocycles. The van der Waals surface area contributed by atoms with Crippen molar-refractivity contribution in [1.29, 1.82) is 0 Å². The molecule has 2 amide bonds. The molecule has 14 nitrogen and oxygen atoms in total. The molecule has 3 fully saturated rings. The molecule has 2 saturated heterocycles. The quantitative estimate of drug-likeness (QED) is 0.158. The summed E-state index contributed by atoms with van der Waals surface area (Å²) >= 11 is 0. The summed E-state index contributed by atoms with van der Waals surface area (Å²) in [6, 6.07) is -1.37. The number of carbonyl (C=O) groups is 5. The van der Waals surface area contributed by atoms with Crippen molar-refractivity contribution in [3.63, 3.8) is 0 Å². The highest BCUT2D eigenvalue weighted by atomic mass is 32.2. The van der Waals surface area contributed by atoms with Crippen LogP contribution in [0.3, 0.4) is 0 Å². The van der Waals surface area contributed by atoms with E-state index in [1.54, 1.807) is 45.9 Å². The van der Waals surface area contributed by atoms with Crippen LogP contribution in [-0.2, 0) is 53.1 Å². The molecule has 2 spiro atoms. The van der Waals surface area contributed by atoms with E-state index >= 15 is 0 Å². The van der Waals surface area contributed by atoms with Crippen LogP contribution >= 0.6 is 0 Å². The first-order valence-corrected chi connectivity index (χ1v) is 17.3. The van der Waals surface area contributed by atoms with E-state index in [-0.39, 0.29) is 42.4 Å². The Bertz CT molecular complexity index is 1660. The molecule has 15 heteroatoms. The molecule has 0 radical (unpaired) electrons. The van der Waals surface area contributed by atoms with Gasteiger partial charge < -0.3 is 24.1 Å². The predicted octanol–water partition coefficient (Wildman–Crippen LogP) is 4.01. The van der Waals surface area contributed by atoms with Crippen LogP contribution in [0.1, 0.15) is 73.1 Å². The van der Waals surface area contributed by atoms with Crippen molar-refractivity contribution < 1.29 is 56.4 Å². The maximum Gasteiger partial charge on any atom is 0.348 e. The molecular formula is C34H40N2O12S. The van der Waals surface area contributed by atoms with Crippen LogP contribution in [0.2, 0.25) is 0 Å². The third-order valence-electron chi connectivity index (χ3n) is 8.55. The average Bonchev–Trinajstić information content (AvgIpc) is 3.03. The second kappa shape index (κ2) is 14.7. The minimum absolute atomic E-state index is 0.0586. The zero-order valence-corrected chi connectivity index (χ0v) is 28.7. The Hall–Kier alpha value is -4.92. The van der Waals surface area contributed by atoms with Crippen LogP contribution in [0.5, 0.6) is 0 Å². The van der Waals surface area contributed by atoms with Gasteiger partial charge in [-0.1, -0.05) is 56.4 Å². The molecule has 264 valence electrons. The third-order valence-corrected chi connectivity index (χ3v) is 10.6. The van der Waals surface area contributed by atoms with Crippen LogP contribution in [0.15, 0.2) is 83.4 Å². The second-order valence-corrected chi connectivity index (χ2v) is 13.5. The molecule has 1 N–H and O–H groups in total. The number of hydrogen-bond donors (Lipinski definition) is 1. The van der Waals surface area contributed by atoms with Crippen LogP contribution < -0.4 is 0 Å². The largest absolute Gasteiger partial charge is 0.480 e. The smallest absolute Gasteiger partial charge is 0.348 e. The van der Waals surface area contributed by atoms with E-state index in [2.05, 4.69) is 0 Å². The van der Waals surface area contributed by atoms with Gasteiger partial charge in [0, 0.05) is 37.8 Å². The summed E-state index contributed by atoms with van der Waals surface area (Å²) in [4.78, 5) is 64.4. The van der Waals surface area contributed by atoms with Gasteiger partial charge >= 0.3 is 28.1 Å². The summed E-state index contributed by atoms with van der Waals surface area (Å²) in [5, 5.41) is 10.6. The van der Waals surface area contributed by atoms with Crippen LogP contribution in [-0.4, -0.2) is 75.5 Å². The summed E-state index contributed by atoms with van der Waals surface area (Å²) in [5.41, 5.74) is -0.927. The number of esters is 3. The maximum absolute atomic E-state index is 13.2. The third kappa shape index (κ3) is 7.41. The van der Waals surface area contributed by atoms with E-state index in [1.165, 1.54) is 42.5 Å². The fourth-order valence-corrected chi connectivity index (χ4v) is 7.48. The highest BCUT2D eigenvalue weighted by molar-refractivity contribution is 7.88. The van der Waals surface area contributed by atoms with Crippen LogP contribution in [0.4, 0.5) is 0 Å². The number of hydrogen-bond acceptors (Lipinski definition) is 12. The highest BCUT2D eigenvalue weighted by Crippen LogP contribution is 2.45. The van der Waals surface area contributed by atoms with E-state index in [9.17, 15) is 37.5 Å². The molecule has 4 aliphatic rings. The van der Waals surface area contributed by atoms with E-state index < -0.39 is 69.5 Å². The van der Waals surface area contributed by atoms with Crippen LogP contribution in [0, 0.1) is 0 Å². The second-order valence-electron chi connectivity index (χ2n) is 11.9. The number of ether oxygens (including phenoxy) is 4. The van der Waals surface area contributed by atoms with Gasteiger partial charge in [0.25, 0.3) is 29.3 Å². The highest BCUT2D eigenvalue weighted by Gasteiger charge is 2.56. The molecule has 0 aromatic heterocycles. The lowest BCUT2D eigenvalue weighted by Gasteiger charge is -2.46. The van der Waals surface area contributed by atoms with Gasteiger partial charge in [-0.05, 0) is 51.8 Å². The molecule has 49 heavy (non-hydrogen) atoms. The fourth-order valence-electron chi connectivity index (χ4n) is 5.47. The Balaban J connectivity index is 1.44. The van der Waals surface area contributed by atoms with Gasteiger partial charge in [-0.25, -0.2) is 23.0 Å². The van der Waals surface area contributed by atoms with Gasteiger partial charge in [-0.2, -0.15) is 8.42 Å². The number of rotatable bonds is 9. The van der Waals surface area contributed by atoms with E-state index in [0.29, 0.717) is 12.8 Å². The fraction of sp³-hybridized carbons (Fsp3) is 0.441. The van der Waals surface area contributed by atoms with Crippen molar-refractivity contribution in [1.82, 2.24) is 8.61 Å². The zero-order valence-electron chi connectivity index (χ0n) is 27.9. The van der Waals surface area contributed by atoms with E-state index in [1.807, 2.05) is 6.92 Å². The van der Waals surface area contributed by atoms with Gasteiger partial charge in [0.1, 0.15) is 16.7 Å². The Morgan fingerprint density at radius 1 is 0.694 bits per heavy atom. The van der Waals surface area contributed by atoms with E-state index in [0.717, 1.165) is 8.61 Å². The van der Waals surface area contributed by atoms with Crippen molar-refractivity contribution in [3.8, 4) is 0 Å². The monoisotopic (exact) mass is 700 g/mol. The average molecular weight is 701 g/mol. The SMILES string of the molecule is CC=CC=CC=C1C(=O)OC2(CCC3(CC2)OC(=O)C(C=CC=CC=C2C(=O)N(C(C)CC)S(=O)(=O)N(C(C)CC)C2=O)=C(O)O3)OC1=O. The van der Waals surface area contributed by atoms with Gasteiger partial charge in [-0.3, -0.25) is 9.59 Å². The molecule has 0 aromatic carbocycles. The molecular weight excluding hydrogens is 660 g/mol. The molecule has 2 unspecified atom stereocenters. The molecule has 3 heterocycles. The number of aliphatic hydroxyl groups excluding tert-OH is 1. The lowest BCUT2D eigenvalue weighted by atomic mass is 9.87. The molecule has 2 atom stereocenters. The minimum atomic E-state index is -4.37.